The first kappa shape index (κ1) is 15.6. The normalized spacial score (nSPS) is 16.5. The Balaban J connectivity index is 1.81. The summed E-state index contributed by atoms with van der Waals surface area (Å²) in [5.74, 6) is 1.87. The van der Waals surface area contributed by atoms with Crippen LogP contribution in [0.3, 0.4) is 0 Å². The highest BCUT2D eigenvalue weighted by molar-refractivity contribution is 7.15. The number of hydrogen-bond acceptors (Lipinski definition) is 5. The van der Waals surface area contributed by atoms with E-state index in [-0.39, 0.29) is 5.96 Å². The molecule has 23 heavy (non-hydrogen) atoms. The van der Waals surface area contributed by atoms with Crippen LogP contribution in [0, 0.1) is 5.41 Å². The van der Waals surface area contributed by atoms with Crippen molar-refractivity contribution in [2.75, 3.05) is 19.5 Å². The minimum atomic E-state index is -0.0764. The number of guanidine groups is 1. The van der Waals surface area contributed by atoms with E-state index in [2.05, 4.69) is 22.4 Å². The molecule has 2 aromatic rings. The standard InChI is InChI=1S/C16H20N4O2S/c1-21-12-6-4-9(7-13(12)22-2)10-3-5-11-14(8-10)23-16(19-11)20-15(17)18/h4,6-7,10H,3,5,8H2,1-2H3,(H4,17,18,19,20)/t10-/m1/s1. The first-order chi connectivity index (χ1) is 11.1. The number of thiazole rings is 1. The van der Waals surface area contributed by atoms with Crippen molar-refractivity contribution in [3.63, 3.8) is 0 Å². The van der Waals surface area contributed by atoms with Crippen molar-refractivity contribution < 1.29 is 9.47 Å². The van der Waals surface area contributed by atoms with Crippen molar-refractivity contribution in [1.82, 2.24) is 4.98 Å². The molecule has 0 radical (unpaired) electrons. The molecule has 0 saturated heterocycles. The zero-order valence-electron chi connectivity index (χ0n) is 13.2. The summed E-state index contributed by atoms with van der Waals surface area (Å²) in [6.45, 7) is 0. The maximum atomic E-state index is 7.31. The highest BCUT2D eigenvalue weighted by Crippen LogP contribution is 2.39. The molecule has 0 saturated carbocycles. The number of rotatable bonds is 4. The Labute approximate surface area is 139 Å². The van der Waals surface area contributed by atoms with Gasteiger partial charge in [0.1, 0.15) is 0 Å². The van der Waals surface area contributed by atoms with Crippen molar-refractivity contribution >= 4 is 22.4 Å². The van der Waals surface area contributed by atoms with Gasteiger partial charge >= 0.3 is 0 Å². The van der Waals surface area contributed by atoms with Crippen LogP contribution in [0.2, 0.25) is 0 Å². The molecular formula is C16H20N4O2S. The average molecular weight is 332 g/mol. The molecule has 0 amide bonds. The Bertz CT molecular complexity index is 729. The van der Waals surface area contributed by atoms with Gasteiger partial charge in [-0.2, -0.15) is 0 Å². The summed E-state index contributed by atoms with van der Waals surface area (Å²) >= 11 is 1.58. The SMILES string of the molecule is COc1ccc([C@@H]2CCc3nc(NC(=N)N)sc3C2)cc1OC. The summed E-state index contributed by atoms with van der Waals surface area (Å²) < 4.78 is 10.7. The van der Waals surface area contributed by atoms with Gasteiger partial charge in [0.15, 0.2) is 22.6 Å². The molecule has 1 aromatic heterocycles. The van der Waals surface area contributed by atoms with Crippen molar-refractivity contribution in [3.05, 3.63) is 34.3 Å². The molecule has 0 aliphatic heterocycles. The van der Waals surface area contributed by atoms with Gasteiger partial charge in [-0.05, 0) is 42.9 Å². The number of anilines is 1. The number of fused-ring (bicyclic) bond motifs is 1. The van der Waals surface area contributed by atoms with E-state index in [9.17, 15) is 0 Å². The number of methoxy groups -OCH3 is 2. The molecule has 1 aliphatic rings. The second kappa shape index (κ2) is 6.45. The molecule has 1 aliphatic carbocycles. The van der Waals surface area contributed by atoms with Crippen LogP contribution in [-0.2, 0) is 12.8 Å². The van der Waals surface area contributed by atoms with E-state index in [4.69, 9.17) is 20.6 Å². The fourth-order valence-electron chi connectivity index (χ4n) is 2.93. The van der Waals surface area contributed by atoms with E-state index in [1.54, 1.807) is 25.6 Å². The summed E-state index contributed by atoms with van der Waals surface area (Å²) in [4.78, 5) is 5.79. The highest BCUT2D eigenvalue weighted by Gasteiger charge is 2.24. The third-order valence-electron chi connectivity index (χ3n) is 4.06. The number of nitrogens with two attached hydrogens (primary N) is 1. The second-order valence-electron chi connectivity index (χ2n) is 5.48. The van der Waals surface area contributed by atoms with Crippen LogP contribution in [0.15, 0.2) is 18.2 Å². The Kier molecular flexibility index (Phi) is 4.38. The molecule has 0 bridgehead atoms. The first-order valence-corrected chi connectivity index (χ1v) is 8.24. The Morgan fingerprint density at radius 1 is 1.35 bits per heavy atom. The number of ether oxygens (including phenoxy) is 2. The Morgan fingerprint density at radius 2 is 2.13 bits per heavy atom. The van der Waals surface area contributed by atoms with Gasteiger partial charge in [-0.25, -0.2) is 4.98 Å². The quantitative estimate of drug-likeness (QED) is 0.591. The summed E-state index contributed by atoms with van der Waals surface area (Å²) in [5, 5.41) is 10.8. The van der Waals surface area contributed by atoms with Gasteiger partial charge in [0, 0.05) is 4.88 Å². The lowest BCUT2D eigenvalue weighted by molar-refractivity contribution is 0.354. The van der Waals surface area contributed by atoms with E-state index < -0.39 is 0 Å². The van der Waals surface area contributed by atoms with Gasteiger partial charge in [0.05, 0.1) is 19.9 Å². The van der Waals surface area contributed by atoms with Crippen LogP contribution < -0.4 is 20.5 Å². The summed E-state index contributed by atoms with van der Waals surface area (Å²) in [6, 6.07) is 6.12. The van der Waals surface area contributed by atoms with Crippen LogP contribution in [-0.4, -0.2) is 25.2 Å². The lowest BCUT2D eigenvalue weighted by atomic mass is 9.85. The van der Waals surface area contributed by atoms with Gasteiger partial charge in [-0.1, -0.05) is 6.07 Å². The van der Waals surface area contributed by atoms with E-state index in [1.807, 2.05) is 6.07 Å². The smallest absolute Gasteiger partial charge is 0.192 e. The maximum absolute atomic E-state index is 7.31. The first-order valence-electron chi connectivity index (χ1n) is 7.42. The number of aryl methyl sites for hydroxylation is 1. The van der Waals surface area contributed by atoms with Crippen molar-refractivity contribution in [2.45, 2.75) is 25.2 Å². The molecule has 0 spiro atoms. The van der Waals surface area contributed by atoms with Gasteiger partial charge in [-0.15, -0.1) is 11.3 Å². The number of aromatic nitrogens is 1. The largest absolute Gasteiger partial charge is 0.493 e. The van der Waals surface area contributed by atoms with E-state index >= 15 is 0 Å². The van der Waals surface area contributed by atoms with E-state index in [1.165, 1.54) is 10.4 Å². The summed E-state index contributed by atoms with van der Waals surface area (Å²) in [7, 11) is 3.30. The van der Waals surface area contributed by atoms with Crippen LogP contribution >= 0.6 is 11.3 Å². The average Bonchev–Trinajstić information content (AvgIpc) is 2.94. The molecular weight excluding hydrogens is 312 g/mol. The van der Waals surface area contributed by atoms with Gasteiger partial charge in [0.2, 0.25) is 0 Å². The van der Waals surface area contributed by atoms with Crippen molar-refractivity contribution in [2.24, 2.45) is 5.73 Å². The van der Waals surface area contributed by atoms with E-state index in [0.717, 1.165) is 36.5 Å². The maximum Gasteiger partial charge on any atom is 0.192 e. The number of nitrogens with one attached hydrogen (secondary N) is 2. The fraction of sp³-hybridized carbons (Fsp3) is 0.375. The lowest BCUT2D eigenvalue weighted by Gasteiger charge is -2.22. The molecule has 0 fully saturated rings. The third-order valence-corrected chi connectivity index (χ3v) is 5.10. The molecule has 3 rings (SSSR count). The minimum Gasteiger partial charge on any atom is -0.493 e. The summed E-state index contributed by atoms with van der Waals surface area (Å²) in [5.41, 5.74) is 7.75. The fourth-order valence-corrected chi connectivity index (χ4v) is 4.04. The molecule has 0 unspecified atom stereocenters. The molecule has 1 heterocycles. The van der Waals surface area contributed by atoms with Crippen LogP contribution in [0.5, 0.6) is 11.5 Å². The Hall–Kier alpha value is -2.28. The van der Waals surface area contributed by atoms with Gasteiger partial charge in [0.25, 0.3) is 0 Å². The van der Waals surface area contributed by atoms with Gasteiger partial charge < -0.3 is 20.5 Å². The monoisotopic (exact) mass is 332 g/mol. The van der Waals surface area contributed by atoms with Crippen LogP contribution in [0.1, 0.15) is 28.5 Å². The molecule has 7 heteroatoms. The molecule has 1 atom stereocenters. The predicted molar refractivity (Wildman–Crippen MR) is 92.0 cm³/mol. The molecule has 4 N–H and O–H groups in total. The zero-order chi connectivity index (χ0) is 16.4. The van der Waals surface area contributed by atoms with Crippen molar-refractivity contribution in [1.29, 1.82) is 5.41 Å². The van der Waals surface area contributed by atoms with Crippen LogP contribution in [0.25, 0.3) is 0 Å². The topological polar surface area (TPSA) is 93.2 Å². The minimum absolute atomic E-state index is 0.0764. The van der Waals surface area contributed by atoms with E-state index in [0.29, 0.717) is 11.0 Å². The summed E-state index contributed by atoms with van der Waals surface area (Å²) in [6.07, 6.45) is 2.93. The Morgan fingerprint density at radius 3 is 2.83 bits per heavy atom. The molecule has 122 valence electrons. The molecule has 1 aromatic carbocycles. The van der Waals surface area contributed by atoms with Crippen LogP contribution in [0.4, 0.5) is 5.13 Å². The van der Waals surface area contributed by atoms with Crippen molar-refractivity contribution in [3.8, 4) is 11.5 Å². The number of hydrogen-bond donors (Lipinski definition) is 3. The number of benzene rings is 1. The second-order valence-corrected chi connectivity index (χ2v) is 6.57. The van der Waals surface area contributed by atoms with Gasteiger partial charge in [-0.3, -0.25) is 5.41 Å². The lowest BCUT2D eigenvalue weighted by Crippen LogP contribution is -2.20. The third kappa shape index (κ3) is 3.24. The zero-order valence-corrected chi connectivity index (χ0v) is 14.0. The highest BCUT2D eigenvalue weighted by atomic mass is 32.1. The molecule has 6 nitrogen and oxygen atoms in total. The number of nitrogens with zero attached hydrogens (tertiary/aromatic N) is 1. The predicted octanol–water partition coefficient (Wildman–Crippen LogP) is 2.74.